The van der Waals surface area contributed by atoms with Gasteiger partial charge in [0.05, 0.1) is 29.0 Å². The summed E-state index contributed by atoms with van der Waals surface area (Å²) in [6.45, 7) is 4.19. The SMILES string of the molecule is CCCOC(=O)N1CCN(C(=O)c2ccc3c(Cl)cc(-c4cn[nH]c4)nc3c2)CC1. The van der Waals surface area contributed by atoms with Crippen LogP contribution < -0.4 is 0 Å². The largest absolute Gasteiger partial charge is 0.449 e. The van der Waals surface area contributed by atoms with E-state index in [0.29, 0.717) is 54.6 Å². The number of H-pyrrole nitrogens is 1. The molecule has 0 unspecified atom stereocenters. The third-order valence-electron chi connectivity index (χ3n) is 5.06. The molecule has 3 aromatic rings. The smallest absolute Gasteiger partial charge is 0.409 e. The highest BCUT2D eigenvalue weighted by atomic mass is 35.5. The van der Waals surface area contributed by atoms with Crippen LogP contribution >= 0.6 is 11.6 Å². The molecule has 9 heteroatoms. The lowest BCUT2D eigenvalue weighted by Gasteiger charge is -2.34. The maximum atomic E-state index is 13.0. The molecule has 3 heterocycles. The molecule has 0 atom stereocenters. The van der Waals surface area contributed by atoms with Gasteiger partial charge in [-0.3, -0.25) is 9.89 Å². The Labute approximate surface area is 178 Å². The van der Waals surface area contributed by atoms with Crippen molar-refractivity contribution >= 4 is 34.5 Å². The highest BCUT2D eigenvalue weighted by molar-refractivity contribution is 6.35. The quantitative estimate of drug-likeness (QED) is 0.687. The first-order valence-electron chi connectivity index (χ1n) is 9.87. The number of pyridine rings is 1. The molecule has 1 aromatic carbocycles. The first-order valence-corrected chi connectivity index (χ1v) is 10.2. The minimum absolute atomic E-state index is 0.0925. The molecule has 1 fully saturated rings. The number of hydrogen-bond donors (Lipinski definition) is 1. The summed E-state index contributed by atoms with van der Waals surface area (Å²) in [5.74, 6) is -0.0925. The van der Waals surface area contributed by atoms with Gasteiger partial charge in [-0.25, -0.2) is 9.78 Å². The molecule has 30 heavy (non-hydrogen) atoms. The zero-order valence-electron chi connectivity index (χ0n) is 16.6. The summed E-state index contributed by atoms with van der Waals surface area (Å²) in [6, 6.07) is 7.12. The average molecular weight is 428 g/mol. The van der Waals surface area contributed by atoms with Crippen LogP contribution in [0.4, 0.5) is 4.79 Å². The Morgan fingerprint density at radius 2 is 1.93 bits per heavy atom. The number of piperazine rings is 1. The molecule has 1 aliphatic heterocycles. The van der Waals surface area contributed by atoms with E-state index in [0.717, 1.165) is 17.4 Å². The van der Waals surface area contributed by atoms with E-state index < -0.39 is 0 Å². The number of rotatable bonds is 4. The van der Waals surface area contributed by atoms with Gasteiger partial charge in [0.1, 0.15) is 0 Å². The van der Waals surface area contributed by atoms with Crippen LogP contribution in [0.5, 0.6) is 0 Å². The van der Waals surface area contributed by atoms with Gasteiger partial charge < -0.3 is 14.5 Å². The van der Waals surface area contributed by atoms with Crippen LogP contribution in [-0.2, 0) is 4.74 Å². The predicted octanol–water partition coefficient (Wildman–Crippen LogP) is 3.58. The normalized spacial score (nSPS) is 14.2. The maximum Gasteiger partial charge on any atom is 0.409 e. The fourth-order valence-corrected chi connectivity index (χ4v) is 3.68. The van der Waals surface area contributed by atoms with Gasteiger partial charge in [-0.05, 0) is 24.6 Å². The molecular formula is C21H22ClN5O3. The number of benzene rings is 1. The molecule has 0 aliphatic carbocycles. The van der Waals surface area contributed by atoms with Crippen molar-refractivity contribution in [1.82, 2.24) is 25.0 Å². The number of aromatic nitrogens is 3. The Hall–Kier alpha value is -3.13. The van der Waals surface area contributed by atoms with Crippen LogP contribution in [0.3, 0.4) is 0 Å². The first-order chi connectivity index (χ1) is 14.6. The number of fused-ring (bicyclic) bond motifs is 1. The molecule has 2 aromatic heterocycles. The van der Waals surface area contributed by atoms with Gasteiger partial charge in [0.25, 0.3) is 5.91 Å². The Morgan fingerprint density at radius 3 is 2.63 bits per heavy atom. The van der Waals surface area contributed by atoms with Crippen molar-refractivity contribution < 1.29 is 14.3 Å². The molecule has 4 rings (SSSR count). The Bertz CT molecular complexity index is 1060. The zero-order valence-corrected chi connectivity index (χ0v) is 17.4. The molecule has 1 aliphatic rings. The van der Waals surface area contributed by atoms with Gasteiger partial charge in [0.2, 0.25) is 0 Å². The number of ether oxygens (including phenoxy) is 1. The van der Waals surface area contributed by atoms with Crippen molar-refractivity contribution in [2.75, 3.05) is 32.8 Å². The van der Waals surface area contributed by atoms with Crippen molar-refractivity contribution in [3.8, 4) is 11.3 Å². The van der Waals surface area contributed by atoms with E-state index in [2.05, 4.69) is 15.2 Å². The highest BCUT2D eigenvalue weighted by Gasteiger charge is 2.26. The molecule has 2 amide bonds. The van der Waals surface area contributed by atoms with Crippen LogP contribution in [-0.4, -0.2) is 69.8 Å². The molecular weight excluding hydrogens is 406 g/mol. The number of amides is 2. The van der Waals surface area contributed by atoms with Crippen molar-refractivity contribution in [2.45, 2.75) is 13.3 Å². The van der Waals surface area contributed by atoms with Crippen molar-refractivity contribution in [3.05, 3.63) is 47.2 Å². The number of hydrogen-bond acceptors (Lipinski definition) is 5. The summed E-state index contributed by atoms with van der Waals surface area (Å²) < 4.78 is 5.17. The van der Waals surface area contributed by atoms with Gasteiger partial charge in [0.15, 0.2) is 0 Å². The summed E-state index contributed by atoms with van der Waals surface area (Å²) in [5.41, 5.74) is 2.69. The summed E-state index contributed by atoms with van der Waals surface area (Å²) in [4.78, 5) is 33.0. The molecule has 1 N–H and O–H groups in total. The molecule has 156 valence electrons. The Morgan fingerprint density at radius 1 is 1.17 bits per heavy atom. The standard InChI is InChI=1S/C21H22ClN5O3/c1-2-9-30-21(29)27-7-5-26(6-8-27)20(28)14-3-4-16-17(22)11-18(25-19(16)10-14)15-12-23-24-13-15/h3-4,10-13H,2,5-9H2,1H3,(H,23,24). The van der Waals surface area contributed by atoms with Gasteiger partial charge in [0, 0.05) is 48.9 Å². The Balaban J connectivity index is 1.50. The predicted molar refractivity (Wildman–Crippen MR) is 113 cm³/mol. The minimum Gasteiger partial charge on any atom is -0.449 e. The zero-order chi connectivity index (χ0) is 21.1. The van der Waals surface area contributed by atoms with Crippen LogP contribution in [0.15, 0.2) is 36.7 Å². The van der Waals surface area contributed by atoms with Crippen LogP contribution in [0.2, 0.25) is 5.02 Å². The van der Waals surface area contributed by atoms with Crippen LogP contribution in [0.1, 0.15) is 23.7 Å². The number of carbonyl (C=O) groups is 2. The highest BCUT2D eigenvalue weighted by Crippen LogP contribution is 2.28. The van der Waals surface area contributed by atoms with Crippen molar-refractivity contribution in [2.24, 2.45) is 0 Å². The van der Waals surface area contributed by atoms with Gasteiger partial charge in [-0.2, -0.15) is 5.10 Å². The molecule has 0 saturated carbocycles. The number of nitrogens with one attached hydrogen (secondary N) is 1. The van der Waals surface area contributed by atoms with E-state index in [1.165, 1.54) is 0 Å². The second-order valence-electron chi connectivity index (χ2n) is 7.10. The van der Waals surface area contributed by atoms with Crippen LogP contribution in [0, 0.1) is 0 Å². The van der Waals surface area contributed by atoms with E-state index in [1.807, 2.05) is 13.0 Å². The third-order valence-corrected chi connectivity index (χ3v) is 5.37. The fourth-order valence-electron chi connectivity index (χ4n) is 3.41. The lowest BCUT2D eigenvalue weighted by Crippen LogP contribution is -2.50. The monoisotopic (exact) mass is 427 g/mol. The maximum absolute atomic E-state index is 13.0. The number of halogens is 1. The van der Waals surface area contributed by atoms with E-state index in [4.69, 9.17) is 16.3 Å². The summed E-state index contributed by atoms with van der Waals surface area (Å²) in [6.07, 6.45) is 3.88. The second-order valence-corrected chi connectivity index (χ2v) is 7.51. The average Bonchev–Trinajstić information content (AvgIpc) is 3.31. The van der Waals surface area contributed by atoms with Gasteiger partial charge >= 0.3 is 6.09 Å². The van der Waals surface area contributed by atoms with Crippen molar-refractivity contribution in [3.63, 3.8) is 0 Å². The first kappa shape index (κ1) is 20.2. The number of nitrogens with zero attached hydrogens (tertiary/aromatic N) is 4. The summed E-state index contributed by atoms with van der Waals surface area (Å²) in [5, 5.41) is 8.05. The lowest BCUT2D eigenvalue weighted by atomic mass is 10.1. The number of carbonyl (C=O) groups excluding carboxylic acids is 2. The molecule has 0 radical (unpaired) electrons. The molecule has 8 nitrogen and oxygen atoms in total. The van der Waals surface area contributed by atoms with Crippen LogP contribution in [0.25, 0.3) is 22.2 Å². The minimum atomic E-state index is -0.319. The molecule has 1 saturated heterocycles. The Kier molecular flexibility index (Phi) is 5.85. The number of aromatic amines is 1. The topological polar surface area (TPSA) is 91.4 Å². The molecule has 0 bridgehead atoms. The fraction of sp³-hybridized carbons (Fsp3) is 0.333. The van der Waals surface area contributed by atoms with Crippen molar-refractivity contribution in [1.29, 1.82) is 0 Å². The van der Waals surface area contributed by atoms with E-state index in [9.17, 15) is 9.59 Å². The van der Waals surface area contributed by atoms with E-state index in [-0.39, 0.29) is 12.0 Å². The van der Waals surface area contributed by atoms with E-state index >= 15 is 0 Å². The summed E-state index contributed by atoms with van der Waals surface area (Å²) >= 11 is 6.43. The van der Waals surface area contributed by atoms with E-state index in [1.54, 1.807) is 40.4 Å². The third kappa shape index (κ3) is 4.09. The molecule has 0 spiro atoms. The van der Waals surface area contributed by atoms with Gasteiger partial charge in [-0.15, -0.1) is 0 Å². The lowest BCUT2D eigenvalue weighted by molar-refractivity contribution is 0.0560. The van der Waals surface area contributed by atoms with Gasteiger partial charge in [-0.1, -0.05) is 24.6 Å². The summed E-state index contributed by atoms with van der Waals surface area (Å²) in [7, 11) is 0. The second kappa shape index (κ2) is 8.71.